The fourth-order valence-electron chi connectivity index (χ4n) is 4.74. The number of nitrogens with zero attached hydrogens (tertiary/aromatic N) is 1. The third-order valence-electron chi connectivity index (χ3n) is 6.37. The Labute approximate surface area is 193 Å². The molecule has 176 valence electrons. The molecule has 7 heteroatoms. The number of fused-ring (bicyclic) bond motifs is 4. The van der Waals surface area contributed by atoms with Gasteiger partial charge in [0.1, 0.15) is 16.9 Å². The molecule has 0 spiro atoms. The Bertz CT molecular complexity index is 1280. The van der Waals surface area contributed by atoms with Crippen molar-refractivity contribution < 1.29 is 18.4 Å². The molecule has 0 fully saturated rings. The van der Waals surface area contributed by atoms with E-state index in [2.05, 4.69) is 11.4 Å². The van der Waals surface area contributed by atoms with Crippen LogP contribution in [0.4, 0.5) is 4.79 Å². The summed E-state index contributed by atoms with van der Waals surface area (Å²) in [6, 6.07) is 3.08. The van der Waals surface area contributed by atoms with Crippen LogP contribution in [0.25, 0.3) is 21.9 Å². The van der Waals surface area contributed by atoms with E-state index in [9.17, 15) is 14.4 Å². The van der Waals surface area contributed by atoms with Crippen molar-refractivity contribution in [2.45, 2.75) is 85.2 Å². The Kier molecular flexibility index (Phi) is 6.32. The van der Waals surface area contributed by atoms with E-state index < -0.39 is 11.7 Å². The molecular weight excluding hydrogens is 420 g/mol. The van der Waals surface area contributed by atoms with Gasteiger partial charge in [-0.1, -0.05) is 0 Å². The number of hydrogen-bond donors (Lipinski definition) is 1. The van der Waals surface area contributed by atoms with Gasteiger partial charge in [-0.05, 0) is 71.9 Å². The lowest BCUT2D eigenvalue weighted by Crippen LogP contribution is -2.49. The van der Waals surface area contributed by atoms with Crippen molar-refractivity contribution >= 4 is 33.9 Å². The summed E-state index contributed by atoms with van der Waals surface area (Å²) in [7, 11) is 0. The van der Waals surface area contributed by atoms with Gasteiger partial charge in [0.05, 0.1) is 0 Å². The normalized spacial score (nSPS) is 13.7. The smallest absolute Gasteiger partial charge is 0.339 e. The highest BCUT2D eigenvalue weighted by Crippen LogP contribution is 2.35. The summed E-state index contributed by atoms with van der Waals surface area (Å²) in [5.41, 5.74) is 3.33. The van der Waals surface area contributed by atoms with Gasteiger partial charge in [-0.2, -0.15) is 0 Å². The molecule has 0 saturated heterocycles. The van der Waals surface area contributed by atoms with Crippen LogP contribution in [0.1, 0.15) is 69.4 Å². The van der Waals surface area contributed by atoms with Crippen LogP contribution >= 0.6 is 0 Å². The van der Waals surface area contributed by atoms with Crippen molar-refractivity contribution in [2.75, 3.05) is 0 Å². The maximum Gasteiger partial charge on any atom is 0.339 e. The number of rotatable bonds is 5. The molecule has 0 aliphatic heterocycles. The van der Waals surface area contributed by atoms with Gasteiger partial charge >= 0.3 is 11.7 Å². The lowest BCUT2D eigenvalue weighted by atomic mass is 9.94. The molecule has 7 nitrogen and oxygen atoms in total. The largest absolute Gasteiger partial charge is 0.461 e. The van der Waals surface area contributed by atoms with Crippen LogP contribution in [-0.2, 0) is 24.1 Å². The van der Waals surface area contributed by atoms with E-state index >= 15 is 0 Å². The number of imide groups is 1. The maximum atomic E-state index is 12.9. The fraction of sp³-hybridized carbons (Fsp3) is 0.500. The van der Waals surface area contributed by atoms with Gasteiger partial charge in [-0.25, -0.2) is 9.59 Å². The number of nitrogens with one attached hydrogen (secondary N) is 1. The molecule has 3 amide bonds. The van der Waals surface area contributed by atoms with Gasteiger partial charge in [0, 0.05) is 52.9 Å². The van der Waals surface area contributed by atoms with E-state index in [1.807, 2.05) is 26.8 Å². The van der Waals surface area contributed by atoms with Crippen LogP contribution in [0.3, 0.4) is 0 Å². The van der Waals surface area contributed by atoms with Crippen molar-refractivity contribution in [3.05, 3.63) is 45.0 Å². The van der Waals surface area contributed by atoms with E-state index in [1.54, 1.807) is 13.8 Å². The molecule has 33 heavy (non-hydrogen) atoms. The molecule has 3 aromatic rings. The molecule has 2 aromatic heterocycles. The molecule has 0 unspecified atom stereocenters. The Morgan fingerprint density at radius 1 is 1.03 bits per heavy atom. The van der Waals surface area contributed by atoms with Gasteiger partial charge in [0.2, 0.25) is 5.91 Å². The second-order valence-corrected chi connectivity index (χ2v) is 9.51. The second kappa shape index (κ2) is 9.04. The zero-order valence-corrected chi connectivity index (χ0v) is 20.0. The van der Waals surface area contributed by atoms with Crippen LogP contribution in [0.15, 0.2) is 25.8 Å². The third kappa shape index (κ3) is 4.41. The summed E-state index contributed by atoms with van der Waals surface area (Å²) in [6.07, 6.45) is 4.46. The summed E-state index contributed by atoms with van der Waals surface area (Å²) in [6.45, 7) is 9.18. The minimum absolute atomic E-state index is 0.0458. The van der Waals surface area contributed by atoms with Crippen molar-refractivity contribution in [2.24, 2.45) is 0 Å². The van der Waals surface area contributed by atoms with Crippen LogP contribution in [-0.4, -0.2) is 28.9 Å². The SMILES string of the molecule is Cc1c(CCC(=O)N(C(=O)NC(C)C)C(C)C)c(=O)oc2cc3oc4c(c3cc12)CCCC4. The van der Waals surface area contributed by atoms with E-state index in [-0.39, 0.29) is 30.8 Å². The van der Waals surface area contributed by atoms with Crippen molar-refractivity contribution in [1.82, 2.24) is 10.2 Å². The summed E-state index contributed by atoms with van der Waals surface area (Å²) < 4.78 is 11.7. The highest BCUT2D eigenvalue weighted by atomic mass is 16.4. The van der Waals surface area contributed by atoms with Gasteiger partial charge in [0.25, 0.3) is 0 Å². The Morgan fingerprint density at radius 2 is 1.73 bits per heavy atom. The van der Waals surface area contributed by atoms with Gasteiger partial charge in [-0.3, -0.25) is 9.69 Å². The predicted octanol–water partition coefficient (Wildman–Crippen LogP) is 5.01. The van der Waals surface area contributed by atoms with Crippen molar-refractivity contribution in [3.8, 4) is 0 Å². The zero-order valence-electron chi connectivity index (χ0n) is 20.0. The van der Waals surface area contributed by atoms with Crippen molar-refractivity contribution in [3.63, 3.8) is 0 Å². The molecule has 0 radical (unpaired) electrons. The van der Waals surface area contributed by atoms with Crippen molar-refractivity contribution in [1.29, 1.82) is 0 Å². The maximum absolute atomic E-state index is 12.9. The predicted molar refractivity (Wildman–Crippen MR) is 128 cm³/mol. The highest BCUT2D eigenvalue weighted by molar-refractivity contribution is 5.97. The third-order valence-corrected chi connectivity index (χ3v) is 6.37. The number of amides is 3. The first kappa shape index (κ1) is 23.1. The second-order valence-electron chi connectivity index (χ2n) is 9.51. The quantitative estimate of drug-likeness (QED) is 0.549. The molecule has 2 heterocycles. The minimum Gasteiger partial charge on any atom is -0.461 e. The number of carbonyl (C=O) groups is 2. The summed E-state index contributed by atoms with van der Waals surface area (Å²) >= 11 is 0. The molecule has 1 aliphatic carbocycles. The van der Waals surface area contributed by atoms with Crippen LogP contribution < -0.4 is 10.9 Å². The number of aryl methyl sites for hydroxylation is 3. The first-order valence-corrected chi connectivity index (χ1v) is 11.8. The Morgan fingerprint density at radius 3 is 2.42 bits per heavy atom. The molecule has 0 atom stereocenters. The minimum atomic E-state index is -0.453. The van der Waals surface area contributed by atoms with E-state index in [0.717, 1.165) is 53.4 Å². The fourth-order valence-corrected chi connectivity index (χ4v) is 4.74. The molecule has 0 bridgehead atoms. The molecule has 1 N–H and O–H groups in total. The number of carbonyl (C=O) groups excluding carboxylic acids is 2. The average molecular weight is 453 g/mol. The van der Waals surface area contributed by atoms with Gasteiger partial charge in [0.15, 0.2) is 0 Å². The lowest BCUT2D eigenvalue weighted by molar-refractivity contribution is -0.129. The average Bonchev–Trinajstić information content (AvgIpc) is 3.09. The lowest BCUT2D eigenvalue weighted by Gasteiger charge is -2.26. The zero-order chi connectivity index (χ0) is 23.9. The number of furan rings is 1. The van der Waals surface area contributed by atoms with Gasteiger partial charge in [-0.15, -0.1) is 0 Å². The summed E-state index contributed by atoms with van der Waals surface area (Å²) in [4.78, 5) is 39.4. The number of hydrogen-bond acceptors (Lipinski definition) is 5. The van der Waals surface area contributed by atoms with Crippen LogP contribution in [0, 0.1) is 6.92 Å². The summed E-state index contributed by atoms with van der Waals surface area (Å²) in [5.74, 6) is 0.715. The summed E-state index contributed by atoms with van der Waals surface area (Å²) in [5, 5.41) is 4.70. The molecule has 0 saturated carbocycles. The number of benzene rings is 1. The molecule has 1 aromatic carbocycles. The molecular formula is C26H32N2O5. The molecule has 1 aliphatic rings. The Hall–Kier alpha value is -3.09. The molecule has 4 rings (SSSR count). The first-order chi connectivity index (χ1) is 15.7. The number of urea groups is 1. The van der Waals surface area contributed by atoms with E-state index in [0.29, 0.717) is 11.1 Å². The van der Waals surface area contributed by atoms with Crippen LogP contribution in [0.2, 0.25) is 0 Å². The van der Waals surface area contributed by atoms with Crippen LogP contribution in [0.5, 0.6) is 0 Å². The highest BCUT2D eigenvalue weighted by Gasteiger charge is 2.26. The van der Waals surface area contributed by atoms with E-state index in [1.165, 1.54) is 10.5 Å². The van der Waals surface area contributed by atoms with Gasteiger partial charge < -0.3 is 14.2 Å². The first-order valence-electron chi connectivity index (χ1n) is 11.8. The topological polar surface area (TPSA) is 92.8 Å². The Balaban J connectivity index is 1.65. The monoisotopic (exact) mass is 452 g/mol. The van der Waals surface area contributed by atoms with E-state index in [4.69, 9.17) is 8.83 Å². The standard InChI is InChI=1S/C26H32N2O5/c1-14(2)27-26(31)28(15(3)4)24(29)11-10-17-16(5)19-12-20-18-8-6-7-9-21(18)32-23(20)13-22(19)33-25(17)30/h12-15H,6-11H2,1-5H3,(H,27,31).